The van der Waals surface area contributed by atoms with Crippen molar-refractivity contribution in [1.82, 2.24) is 19.7 Å². The maximum atomic E-state index is 13.7. The molecular weight excluding hydrogens is 523 g/mol. The van der Waals surface area contributed by atoms with Gasteiger partial charge in [0, 0.05) is 47.8 Å². The Hall–Kier alpha value is -4.99. The molecule has 208 valence electrons. The molecule has 2 aliphatic heterocycles. The molecule has 4 aromatic rings. The van der Waals surface area contributed by atoms with Gasteiger partial charge >= 0.3 is 0 Å². The van der Waals surface area contributed by atoms with Crippen molar-refractivity contribution in [2.45, 2.75) is 32.4 Å². The fourth-order valence-electron chi connectivity index (χ4n) is 5.73. The van der Waals surface area contributed by atoms with E-state index < -0.39 is 5.91 Å². The summed E-state index contributed by atoms with van der Waals surface area (Å²) in [6, 6.07) is 15.2. The molecule has 6 rings (SSSR count). The van der Waals surface area contributed by atoms with E-state index in [1.165, 1.54) is 18.2 Å². The lowest BCUT2D eigenvalue weighted by Crippen LogP contribution is -2.38. The number of benzene rings is 2. The number of halogens is 1. The third-order valence-corrected chi connectivity index (χ3v) is 7.66. The molecule has 2 aromatic carbocycles. The molecule has 0 unspecified atom stereocenters. The Bertz CT molecular complexity index is 1660. The quantitative estimate of drug-likeness (QED) is 0.344. The number of hydrogen-bond donors (Lipinski definition) is 2. The number of nitrogens with one attached hydrogen (secondary N) is 2. The van der Waals surface area contributed by atoms with Gasteiger partial charge in [-0.05, 0) is 60.0 Å². The van der Waals surface area contributed by atoms with Gasteiger partial charge in [0.15, 0.2) is 5.69 Å². The first-order valence-corrected chi connectivity index (χ1v) is 13.5. The first-order valence-electron chi connectivity index (χ1n) is 13.5. The van der Waals surface area contributed by atoms with Crippen LogP contribution in [0.2, 0.25) is 0 Å². The van der Waals surface area contributed by atoms with Crippen LogP contribution in [0.4, 0.5) is 15.8 Å². The highest BCUT2D eigenvalue weighted by atomic mass is 19.1. The molecule has 4 heterocycles. The molecule has 1 atom stereocenters. The summed E-state index contributed by atoms with van der Waals surface area (Å²) < 4.78 is 15.3. The van der Waals surface area contributed by atoms with E-state index in [4.69, 9.17) is 5.10 Å². The number of anilines is 2. The van der Waals surface area contributed by atoms with Crippen molar-refractivity contribution in [2.24, 2.45) is 0 Å². The molecule has 3 amide bonds. The second kappa shape index (κ2) is 10.5. The largest absolute Gasteiger partial charge is 0.357 e. The van der Waals surface area contributed by atoms with Gasteiger partial charge in [0.1, 0.15) is 11.5 Å². The molecule has 0 saturated carbocycles. The Morgan fingerprint density at radius 1 is 1.17 bits per heavy atom. The van der Waals surface area contributed by atoms with Gasteiger partial charge in [0.25, 0.3) is 11.8 Å². The molecular formula is C31H29FN6O3. The Balaban J connectivity index is 1.34. The smallest absolute Gasteiger partial charge is 0.276 e. The highest BCUT2D eigenvalue weighted by Gasteiger charge is 2.35. The number of hydrogen-bond acceptors (Lipinski definition) is 4. The number of nitrogens with zero attached hydrogens (tertiary/aromatic N) is 4. The first kappa shape index (κ1) is 26.2. The third kappa shape index (κ3) is 4.93. The first-order chi connectivity index (χ1) is 19.8. The number of amides is 3. The minimum Gasteiger partial charge on any atom is -0.357 e. The van der Waals surface area contributed by atoms with Gasteiger partial charge in [-0.15, -0.1) is 0 Å². The highest BCUT2D eigenvalue weighted by molar-refractivity contribution is 6.06. The predicted molar refractivity (Wildman–Crippen MR) is 152 cm³/mol. The molecule has 0 radical (unpaired) electrons. The topological polar surface area (TPSA) is 103 Å². The Morgan fingerprint density at radius 2 is 1.98 bits per heavy atom. The predicted octanol–water partition coefficient (Wildman–Crippen LogP) is 4.49. The Kier molecular flexibility index (Phi) is 6.74. The zero-order chi connectivity index (χ0) is 28.7. The standard InChI is InChI=1S/C31H29FN6O3/c1-3-27(39)37-14-12-21-8-11-23(15-26(21)37)34-30(40)28-24-18-36(31(41)25-5-4-13-33-25)16-19(2)29(24)38(35-28)17-20-6-9-22(32)10-7-20/h3-11,13,15,19,33H,1,12,14,16-18H2,2H3,(H,34,40)/t19-/m1/s1. The van der Waals surface area contributed by atoms with E-state index in [9.17, 15) is 18.8 Å². The van der Waals surface area contributed by atoms with Gasteiger partial charge in [0.05, 0.1) is 13.1 Å². The van der Waals surface area contributed by atoms with Crippen molar-refractivity contribution in [3.05, 3.63) is 113 Å². The van der Waals surface area contributed by atoms with Crippen molar-refractivity contribution in [2.75, 3.05) is 23.3 Å². The average molecular weight is 553 g/mol. The minimum absolute atomic E-state index is 0.106. The molecule has 2 N–H and O–H groups in total. The third-order valence-electron chi connectivity index (χ3n) is 7.66. The maximum absolute atomic E-state index is 13.7. The molecule has 0 fully saturated rings. The Labute approximate surface area is 236 Å². The maximum Gasteiger partial charge on any atom is 0.276 e. The van der Waals surface area contributed by atoms with E-state index in [0.29, 0.717) is 36.6 Å². The van der Waals surface area contributed by atoms with Gasteiger partial charge in [0.2, 0.25) is 5.91 Å². The van der Waals surface area contributed by atoms with Crippen LogP contribution in [0.5, 0.6) is 0 Å². The number of rotatable bonds is 6. The lowest BCUT2D eigenvalue weighted by atomic mass is 9.95. The van der Waals surface area contributed by atoms with Gasteiger partial charge < -0.3 is 20.1 Å². The fourth-order valence-corrected chi connectivity index (χ4v) is 5.73. The molecule has 41 heavy (non-hydrogen) atoms. The molecule has 0 bridgehead atoms. The number of carbonyl (C=O) groups excluding carboxylic acids is 3. The van der Waals surface area contributed by atoms with Crippen LogP contribution < -0.4 is 10.2 Å². The molecule has 9 nitrogen and oxygen atoms in total. The zero-order valence-corrected chi connectivity index (χ0v) is 22.6. The van der Waals surface area contributed by atoms with Crippen LogP contribution in [-0.2, 0) is 24.3 Å². The van der Waals surface area contributed by atoms with Gasteiger partial charge in [-0.25, -0.2) is 4.39 Å². The van der Waals surface area contributed by atoms with Gasteiger partial charge in [-0.3, -0.25) is 19.1 Å². The highest BCUT2D eigenvalue weighted by Crippen LogP contribution is 2.34. The number of aromatic amines is 1. The van der Waals surface area contributed by atoms with E-state index in [2.05, 4.69) is 16.9 Å². The summed E-state index contributed by atoms with van der Waals surface area (Å²) in [6.07, 6.45) is 3.71. The summed E-state index contributed by atoms with van der Waals surface area (Å²) >= 11 is 0. The number of aromatic nitrogens is 3. The summed E-state index contributed by atoms with van der Waals surface area (Å²) in [6.45, 7) is 7.17. The van der Waals surface area contributed by atoms with E-state index in [0.717, 1.165) is 28.9 Å². The minimum atomic E-state index is -0.417. The van der Waals surface area contributed by atoms with E-state index >= 15 is 0 Å². The monoisotopic (exact) mass is 552 g/mol. The fraction of sp³-hybridized carbons (Fsp3) is 0.226. The van der Waals surface area contributed by atoms with Gasteiger partial charge in [-0.1, -0.05) is 31.7 Å². The molecule has 2 aliphatic rings. The number of carbonyl (C=O) groups is 3. The van der Waals surface area contributed by atoms with Crippen molar-refractivity contribution in [3.8, 4) is 0 Å². The van der Waals surface area contributed by atoms with Crippen molar-refractivity contribution in [1.29, 1.82) is 0 Å². The summed E-state index contributed by atoms with van der Waals surface area (Å²) in [5.74, 6) is -1.20. The SMILES string of the molecule is C=CC(=O)N1CCc2ccc(NC(=O)c3nn(Cc4ccc(F)cc4)c4c3CN(C(=O)c3ccc[nH]3)C[C@H]4C)cc21. The van der Waals surface area contributed by atoms with E-state index in [1.807, 2.05) is 19.1 Å². The number of fused-ring (bicyclic) bond motifs is 2. The van der Waals surface area contributed by atoms with E-state index in [1.54, 1.807) is 51.0 Å². The van der Waals surface area contributed by atoms with Crippen LogP contribution >= 0.6 is 0 Å². The second-order valence-corrected chi connectivity index (χ2v) is 10.4. The summed E-state index contributed by atoms with van der Waals surface area (Å²) in [5, 5.41) is 7.68. The molecule has 10 heteroatoms. The lowest BCUT2D eigenvalue weighted by molar-refractivity contribution is -0.114. The van der Waals surface area contributed by atoms with Crippen LogP contribution in [0, 0.1) is 5.82 Å². The van der Waals surface area contributed by atoms with Crippen LogP contribution in [-0.4, -0.2) is 50.5 Å². The molecule has 2 aromatic heterocycles. The Morgan fingerprint density at radius 3 is 2.71 bits per heavy atom. The summed E-state index contributed by atoms with van der Waals surface area (Å²) in [7, 11) is 0. The summed E-state index contributed by atoms with van der Waals surface area (Å²) in [4.78, 5) is 45.6. The van der Waals surface area contributed by atoms with Crippen molar-refractivity contribution >= 4 is 29.1 Å². The van der Waals surface area contributed by atoms with Crippen LogP contribution in [0.3, 0.4) is 0 Å². The van der Waals surface area contributed by atoms with Crippen molar-refractivity contribution < 1.29 is 18.8 Å². The second-order valence-electron chi connectivity index (χ2n) is 10.4. The lowest BCUT2D eigenvalue weighted by Gasteiger charge is -2.32. The molecule has 0 spiro atoms. The van der Waals surface area contributed by atoms with E-state index in [-0.39, 0.29) is 35.8 Å². The van der Waals surface area contributed by atoms with Crippen LogP contribution in [0.1, 0.15) is 56.2 Å². The molecule has 0 aliphatic carbocycles. The van der Waals surface area contributed by atoms with Gasteiger partial charge in [-0.2, -0.15) is 5.10 Å². The molecule has 0 saturated heterocycles. The zero-order valence-electron chi connectivity index (χ0n) is 22.6. The summed E-state index contributed by atoms with van der Waals surface area (Å²) in [5.41, 5.74) is 5.37. The number of H-pyrrole nitrogens is 1. The van der Waals surface area contributed by atoms with Crippen molar-refractivity contribution in [3.63, 3.8) is 0 Å². The van der Waals surface area contributed by atoms with Crippen LogP contribution in [0.25, 0.3) is 0 Å². The van der Waals surface area contributed by atoms with Crippen LogP contribution in [0.15, 0.2) is 73.4 Å². The average Bonchev–Trinajstić information content (AvgIpc) is 3.73. The normalized spacial score (nSPS) is 15.8.